The molecule has 0 spiro atoms. The van der Waals surface area contributed by atoms with Crippen LogP contribution >= 0.6 is 0 Å². The van der Waals surface area contributed by atoms with Crippen LogP contribution in [0.4, 0.5) is 0 Å². The van der Waals surface area contributed by atoms with E-state index in [1.807, 2.05) is 13.8 Å². The highest BCUT2D eigenvalue weighted by Crippen LogP contribution is 2.34. The van der Waals surface area contributed by atoms with Gasteiger partial charge in [0, 0.05) is 37.8 Å². The second-order valence-corrected chi connectivity index (χ2v) is 10.8. The minimum atomic E-state index is -1.31. The van der Waals surface area contributed by atoms with Crippen molar-refractivity contribution in [1.29, 1.82) is 0 Å². The molecule has 34 heavy (non-hydrogen) atoms. The third-order valence-electron chi connectivity index (χ3n) is 7.94. The highest BCUT2D eigenvalue weighted by Gasteiger charge is 2.44. The lowest BCUT2D eigenvalue weighted by Crippen LogP contribution is -2.58. The molecular formula is C26H42N2O6. The maximum atomic E-state index is 13.7. The highest BCUT2D eigenvalue weighted by atomic mass is 16.5. The Morgan fingerprint density at radius 2 is 1.82 bits per heavy atom. The summed E-state index contributed by atoms with van der Waals surface area (Å²) < 4.78 is 5.52. The van der Waals surface area contributed by atoms with Crippen LogP contribution in [0.2, 0.25) is 0 Å². The number of rotatable bonds is 10. The second-order valence-electron chi connectivity index (χ2n) is 10.8. The Labute approximate surface area is 202 Å². The second kappa shape index (κ2) is 12.2. The Hall–Kier alpha value is -1.80. The normalized spacial score (nSPS) is 26.9. The molecule has 8 nitrogen and oxygen atoms in total. The molecule has 0 aromatic carbocycles. The fourth-order valence-corrected chi connectivity index (χ4v) is 5.65. The number of hydrogen-bond acceptors (Lipinski definition) is 6. The van der Waals surface area contributed by atoms with E-state index in [1.165, 1.54) is 0 Å². The van der Waals surface area contributed by atoms with E-state index >= 15 is 0 Å². The zero-order chi connectivity index (χ0) is 24.7. The SMILES string of the molecule is CC(C)[C@H](CC(=O)C1(NC(=O)[C@@H]2CCCO2)CCCCC1)[C@H](O)C(=O)C[C@H]1CCCCNC1=O. The van der Waals surface area contributed by atoms with E-state index in [9.17, 15) is 24.3 Å². The molecule has 1 saturated carbocycles. The van der Waals surface area contributed by atoms with E-state index in [4.69, 9.17) is 4.74 Å². The van der Waals surface area contributed by atoms with Gasteiger partial charge in [-0.25, -0.2) is 0 Å². The Morgan fingerprint density at radius 3 is 2.47 bits per heavy atom. The number of aliphatic hydroxyl groups excluding tert-OH is 1. The smallest absolute Gasteiger partial charge is 0.249 e. The lowest BCUT2D eigenvalue weighted by Gasteiger charge is -2.39. The van der Waals surface area contributed by atoms with Crippen molar-refractivity contribution in [3.05, 3.63) is 0 Å². The highest BCUT2D eigenvalue weighted by molar-refractivity contribution is 5.95. The van der Waals surface area contributed by atoms with Gasteiger partial charge in [0.05, 0.1) is 5.54 Å². The molecule has 2 heterocycles. The van der Waals surface area contributed by atoms with Crippen molar-refractivity contribution in [1.82, 2.24) is 10.6 Å². The minimum absolute atomic E-state index is 0.00862. The number of aliphatic hydroxyl groups is 1. The van der Waals surface area contributed by atoms with Crippen molar-refractivity contribution in [2.75, 3.05) is 13.2 Å². The molecule has 192 valence electrons. The van der Waals surface area contributed by atoms with Gasteiger partial charge in [0.15, 0.2) is 11.6 Å². The third kappa shape index (κ3) is 6.66. The topological polar surface area (TPSA) is 122 Å². The van der Waals surface area contributed by atoms with Crippen molar-refractivity contribution in [2.24, 2.45) is 17.8 Å². The van der Waals surface area contributed by atoms with E-state index in [0.717, 1.165) is 38.5 Å². The lowest BCUT2D eigenvalue weighted by molar-refractivity contribution is -0.141. The van der Waals surface area contributed by atoms with Crippen molar-refractivity contribution in [3.8, 4) is 0 Å². The maximum Gasteiger partial charge on any atom is 0.249 e. The summed E-state index contributed by atoms with van der Waals surface area (Å²) >= 11 is 0. The fourth-order valence-electron chi connectivity index (χ4n) is 5.65. The molecule has 3 N–H and O–H groups in total. The van der Waals surface area contributed by atoms with E-state index in [-0.39, 0.29) is 42.1 Å². The van der Waals surface area contributed by atoms with Crippen LogP contribution in [-0.4, -0.2) is 59.4 Å². The van der Waals surface area contributed by atoms with Gasteiger partial charge in [0.2, 0.25) is 11.8 Å². The van der Waals surface area contributed by atoms with Gasteiger partial charge in [-0.05, 0) is 44.4 Å². The van der Waals surface area contributed by atoms with Crippen LogP contribution < -0.4 is 10.6 Å². The number of carbonyl (C=O) groups is 4. The number of hydrogen-bond donors (Lipinski definition) is 3. The van der Waals surface area contributed by atoms with Crippen LogP contribution in [-0.2, 0) is 23.9 Å². The Bertz CT molecular complexity index is 740. The van der Waals surface area contributed by atoms with Gasteiger partial charge in [-0.2, -0.15) is 0 Å². The molecule has 2 amide bonds. The molecule has 0 unspecified atom stereocenters. The van der Waals surface area contributed by atoms with Gasteiger partial charge < -0.3 is 20.5 Å². The average Bonchev–Trinajstić information content (AvgIpc) is 3.29. The van der Waals surface area contributed by atoms with E-state index in [2.05, 4.69) is 10.6 Å². The largest absolute Gasteiger partial charge is 0.385 e. The van der Waals surface area contributed by atoms with Gasteiger partial charge in [-0.1, -0.05) is 39.5 Å². The van der Waals surface area contributed by atoms with Crippen LogP contribution in [0.3, 0.4) is 0 Å². The first-order valence-corrected chi connectivity index (χ1v) is 13.2. The monoisotopic (exact) mass is 478 g/mol. The molecule has 0 aromatic rings. The van der Waals surface area contributed by atoms with Gasteiger partial charge in [-0.15, -0.1) is 0 Å². The van der Waals surface area contributed by atoms with Gasteiger partial charge >= 0.3 is 0 Å². The molecule has 0 bridgehead atoms. The number of ether oxygens (including phenoxy) is 1. The zero-order valence-corrected chi connectivity index (χ0v) is 20.8. The maximum absolute atomic E-state index is 13.7. The molecule has 2 aliphatic heterocycles. The summed E-state index contributed by atoms with van der Waals surface area (Å²) in [5.74, 6) is -1.96. The standard InChI is InChI=1S/C26H42N2O6/c1-17(2)19(23(31)20(29)15-18-9-4-7-13-27-24(18)32)16-22(30)26(11-5-3-6-12-26)28-25(33)21-10-8-14-34-21/h17-19,21,23,31H,3-16H2,1-2H3,(H,27,32)(H,28,33)/t18-,19+,21+,23+/m1/s1. The van der Waals surface area contributed by atoms with Crippen molar-refractivity contribution >= 4 is 23.4 Å². The summed E-state index contributed by atoms with van der Waals surface area (Å²) in [7, 11) is 0. The first kappa shape index (κ1) is 26.8. The van der Waals surface area contributed by atoms with Crippen LogP contribution in [0.25, 0.3) is 0 Å². The number of ketones is 2. The lowest BCUT2D eigenvalue weighted by atomic mass is 9.73. The molecule has 3 rings (SSSR count). The molecule has 4 atom stereocenters. The third-order valence-corrected chi connectivity index (χ3v) is 7.94. The Balaban J connectivity index is 1.68. The predicted molar refractivity (Wildman–Crippen MR) is 127 cm³/mol. The number of amides is 2. The summed E-state index contributed by atoms with van der Waals surface area (Å²) in [6.07, 6.45) is 5.94. The summed E-state index contributed by atoms with van der Waals surface area (Å²) in [6.45, 7) is 4.97. The molecule has 8 heteroatoms. The van der Waals surface area contributed by atoms with Gasteiger partial charge in [0.25, 0.3) is 0 Å². The molecule has 3 fully saturated rings. The Morgan fingerprint density at radius 1 is 1.09 bits per heavy atom. The van der Waals surface area contributed by atoms with Crippen LogP contribution in [0.15, 0.2) is 0 Å². The zero-order valence-electron chi connectivity index (χ0n) is 20.8. The predicted octanol–water partition coefficient (Wildman–Crippen LogP) is 2.45. The van der Waals surface area contributed by atoms with Crippen LogP contribution in [0.5, 0.6) is 0 Å². The molecule has 1 aliphatic carbocycles. The van der Waals surface area contributed by atoms with Gasteiger partial charge in [0.1, 0.15) is 12.2 Å². The van der Waals surface area contributed by atoms with E-state index < -0.39 is 29.6 Å². The first-order valence-electron chi connectivity index (χ1n) is 13.2. The fraction of sp³-hybridized carbons (Fsp3) is 0.846. The van der Waals surface area contributed by atoms with Crippen LogP contribution in [0, 0.1) is 17.8 Å². The number of Topliss-reactive ketones (excluding diaryl/α,β-unsaturated/α-hetero) is 2. The number of nitrogens with one attached hydrogen (secondary N) is 2. The molecule has 0 radical (unpaired) electrons. The van der Waals surface area contributed by atoms with Crippen molar-refractivity contribution < 1.29 is 29.0 Å². The summed E-state index contributed by atoms with van der Waals surface area (Å²) in [5.41, 5.74) is -0.960. The van der Waals surface area contributed by atoms with Crippen LogP contribution in [0.1, 0.15) is 90.9 Å². The Kier molecular flexibility index (Phi) is 9.65. The van der Waals surface area contributed by atoms with Crippen molar-refractivity contribution in [3.63, 3.8) is 0 Å². The molecule has 3 aliphatic rings. The number of carbonyl (C=O) groups excluding carboxylic acids is 4. The quantitative estimate of drug-likeness (QED) is 0.443. The van der Waals surface area contributed by atoms with E-state index in [0.29, 0.717) is 38.8 Å². The van der Waals surface area contributed by atoms with Gasteiger partial charge in [-0.3, -0.25) is 19.2 Å². The molecular weight excluding hydrogens is 436 g/mol. The minimum Gasteiger partial charge on any atom is -0.385 e. The van der Waals surface area contributed by atoms with Crippen molar-refractivity contribution in [2.45, 2.75) is 109 Å². The summed E-state index contributed by atoms with van der Waals surface area (Å²) in [6, 6.07) is 0. The summed E-state index contributed by atoms with van der Waals surface area (Å²) in [5, 5.41) is 16.8. The summed E-state index contributed by atoms with van der Waals surface area (Å²) in [4.78, 5) is 51.7. The molecule has 0 aromatic heterocycles. The molecule has 2 saturated heterocycles. The average molecular weight is 479 g/mol. The van der Waals surface area contributed by atoms with E-state index in [1.54, 1.807) is 0 Å². The first-order chi connectivity index (χ1) is 16.2.